The Morgan fingerprint density at radius 1 is 1.50 bits per heavy atom. The fourth-order valence-corrected chi connectivity index (χ4v) is 1.77. The second-order valence-electron chi connectivity index (χ2n) is 5.55. The van der Waals surface area contributed by atoms with Crippen molar-refractivity contribution in [1.29, 1.82) is 0 Å². The molecule has 1 N–H and O–H groups in total. The van der Waals surface area contributed by atoms with Crippen LogP contribution in [0.3, 0.4) is 0 Å². The molecule has 16 heavy (non-hydrogen) atoms. The first-order valence-electron chi connectivity index (χ1n) is 6.03. The van der Waals surface area contributed by atoms with Crippen molar-refractivity contribution in [2.75, 3.05) is 26.7 Å². The lowest BCUT2D eigenvalue weighted by Crippen LogP contribution is -2.35. The summed E-state index contributed by atoms with van der Waals surface area (Å²) in [4.78, 5) is 13.3. The van der Waals surface area contributed by atoms with Crippen molar-refractivity contribution >= 4 is 6.09 Å². The zero-order chi connectivity index (χ0) is 12.2. The highest BCUT2D eigenvalue weighted by molar-refractivity contribution is 5.67. The van der Waals surface area contributed by atoms with Gasteiger partial charge in [-0.15, -0.1) is 0 Å². The van der Waals surface area contributed by atoms with Crippen LogP contribution in [0.15, 0.2) is 0 Å². The Kier molecular flexibility index (Phi) is 4.59. The number of hydrogen-bond acceptors (Lipinski definition) is 3. The van der Waals surface area contributed by atoms with E-state index in [1.807, 2.05) is 20.8 Å². The van der Waals surface area contributed by atoms with Gasteiger partial charge in [0, 0.05) is 13.6 Å². The first kappa shape index (κ1) is 13.3. The molecule has 0 spiro atoms. The predicted octanol–water partition coefficient (Wildman–Crippen LogP) is 1.85. The summed E-state index contributed by atoms with van der Waals surface area (Å²) in [6.45, 7) is 8.64. The number of carbonyl (C=O) groups excluding carboxylic acids is 1. The van der Waals surface area contributed by atoms with Crippen LogP contribution in [-0.2, 0) is 4.74 Å². The highest BCUT2D eigenvalue weighted by Gasteiger charge is 2.21. The van der Waals surface area contributed by atoms with Crippen LogP contribution in [0.1, 0.15) is 33.6 Å². The molecule has 1 atom stereocenters. The number of nitrogens with zero attached hydrogens (tertiary/aromatic N) is 1. The molecule has 0 bridgehead atoms. The van der Waals surface area contributed by atoms with Gasteiger partial charge in [0.15, 0.2) is 0 Å². The molecule has 0 saturated carbocycles. The lowest BCUT2D eigenvalue weighted by atomic mass is 10.1. The summed E-state index contributed by atoms with van der Waals surface area (Å²) < 4.78 is 5.29. The Balaban J connectivity index is 2.23. The Morgan fingerprint density at radius 3 is 2.69 bits per heavy atom. The molecule has 4 nitrogen and oxygen atoms in total. The van der Waals surface area contributed by atoms with E-state index in [0.717, 1.165) is 26.1 Å². The number of rotatable bonds is 3. The third kappa shape index (κ3) is 4.84. The van der Waals surface area contributed by atoms with Gasteiger partial charge in [0.2, 0.25) is 0 Å². The van der Waals surface area contributed by atoms with Crippen LogP contribution in [0, 0.1) is 5.92 Å². The lowest BCUT2D eigenvalue weighted by molar-refractivity contribution is 0.0291. The third-order valence-corrected chi connectivity index (χ3v) is 2.74. The molecular formula is C12H24N2O2. The van der Waals surface area contributed by atoms with E-state index in [9.17, 15) is 4.79 Å². The maximum atomic E-state index is 11.7. The van der Waals surface area contributed by atoms with E-state index in [4.69, 9.17) is 4.74 Å². The van der Waals surface area contributed by atoms with Crippen molar-refractivity contribution in [3.8, 4) is 0 Å². The van der Waals surface area contributed by atoms with Crippen molar-refractivity contribution in [3.05, 3.63) is 0 Å². The summed E-state index contributed by atoms with van der Waals surface area (Å²) >= 11 is 0. The quantitative estimate of drug-likeness (QED) is 0.801. The van der Waals surface area contributed by atoms with Crippen molar-refractivity contribution in [2.45, 2.75) is 39.2 Å². The van der Waals surface area contributed by atoms with Crippen LogP contribution < -0.4 is 5.32 Å². The molecule has 0 unspecified atom stereocenters. The monoisotopic (exact) mass is 228 g/mol. The summed E-state index contributed by atoms with van der Waals surface area (Å²) in [5.74, 6) is 0.713. The van der Waals surface area contributed by atoms with Crippen LogP contribution in [0.5, 0.6) is 0 Å². The lowest BCUT2D eigenvalue weighted by Gasteiger charge is -2.25. The number of ether oxygens (including phenoxy) is 1. The molecule has 1 rings (SSSR count). The summed E-state index contributed by atoms with van der Waals surface area (Å²) in [5.41, 5.74) is -0.403. The maximum Gasteiger partial charge on any atom is 0.410 e. The Bertz CT molecular complexity index is 230. The van der Waals surface area contributed by atoms with E-state index in [-0.39, 0.29) is 6.09 Å². The van der Waals surface area contributed by atoms with E-state index in [2.05, 4.69) is 5.32 Å². The fourth-order valence-electron chi connectivity index (χ4n) is 1.77. The van der Waals surface area contributed by atoms with Crippen LogP contribution in [-0.4, -0.2) is 43.3 Å². The van der Waals surface area contributed by atoms with E-state index < -0.39 is 5.60 Å². The molecule has 1 aliphatic rings. The van der Waals surface area contributed by atoms with Crippen molar-refractivity contribution in [1.82, 2.24) is 10.2 Å². The van der Waals surface area contributed by atoms with Gasteiger partial charge < -0.3 is 15.0 Å². The number of amides is 1. The van der Waals surface area contributed by atoms with Gasteiger partial charge in [-0.25, -0.2) is 4.79 Å². The van der Waals surface area contributed by atoms with Gasteiger partial charge in [-0.3, -0.25) is 0 Å². The minimum Gasteiger partial charge on any atom is -0.444 e. The van der Waals surface area contributed by atoms with E-state index in [1.165, 1.54) is 6.42 Å². The second-order valence-corrected chi connectivity index (χ2v) is 5.55. The van der Waals surface area contributed by atoms with Crippen molar-refractivity contribution in [3.63, 3.8) is 0 Å². The molecule has 0 aromatic carbocycles. The molecule has 1 fully saturated rings. The summed E-state index contributed by atoms with van der Waals surface area (Å²) in [7, 11) is 1.80. The van der Waals surface area contributed by atoms with E-state index >= 15 is 0 Å². The molecule has 4 heteroatoms. The first-order chi connectivity index (χ1) is 7.38. The smallest absolute Gasteiger partial charge is 0.410 e. The molecule has 1 heterocycles. The Labute approximate surface area is 98.3 Å². The summed E-state index contributed by atoms with van der Waals surface area (Å²) in [6.07, 6.45) is 2.06. The van der Waals surface area contributed by atoms with E-state index in [0.29, 0.717) is 5.92 Å². The molecule has 1 aliphatic heterocycles. The highest BCUT2D eigenvalue weighted by Crippen LogP contribution is 2.14. The van der Waals surface area contributed by atoms with Crippen LogP contribution >= 0.6 is 0 Å². The zero-order valence-electron chi connectivity index (χ0n) is 10.9. The van der Waals surface area contributed by atoms with Gasteiger partial charge in [-0.1, -0.05) is 0 Å². The van der Waals surface area contributed by atoms with Gasteiger partial charge >= 0.3 is 6.09 Å². The first-order valence-corrected chi connectivity index (χ1v) is 6.03. The summed E-state index contributed by atoms with van der Waals surface area (Å²) in [5, 5.41) is 3.33. The van der Waals surface area contributed by atoms with Crippen LogP contribution in [0.2, 0.25) is 0 Å². The van der Waals surface area contributed by atoms with Crippen LogP contribution in [0.4, 0.5) is 4.79 Å². The molecule has 0 radical (unpaired) electrons. The molecule has 94 valence electrons. The molecular weight excluding hydrogens is 204 g/mol. The standard InChI is InChI=1S/C12H24N2O2/c1-12(2,3)16-11(15)14(4)8-6-10-5-7-13-9-10/h10,13H,5-9H2,1-4H3/t10-/m1/s1. The maximum absolute atomic E-state index is 11.7. The summed E-state index contributed by atoms with van der Waals surface area (Å²) in [6, 6.07) is 0. The van der Waals surface area contributed by atoms with Gasteiger partial charge in [0.05, 0.1) is 0 Å². The molecule has 0 aromatic rings. The number of hydrogen-bond donors (Lipinski definition) is 1. The van der Waals surface area contributed by atoms with Gasteiger partial charge in [-0.05, 0) is 52.6 Å². The molecule has 1 amide bonds. The topological polar surface area (TPSA) is 41.6 Å². The molecule has 0 aromatic heterocycles. The van der Waals surface area contributed by atoms with Gasteiger partial charge in [-0.2, -0.15) is 0 Å². The highest BCUT2D eigenvalue weighted by atomic mass is 16.6. The van der Waals surface area contributed by atoms with Crippen molar-refractivity contribution < 1.29 is 9.53 Å². The van der Waals surface area contributed by atoms with Gasteiger partial charge in [0.25, 0.3) is 0 Å². The van der Waals surface area contributed by atoms with Crippen LogP contribution in [0.25, 0.3) is 0 Å². The Hall–Kier alpha value is -0.770. The number of carbonyl (C=O) groups is 1. The average Bonchev–Trinajstić information content (AvgIpc) is 2.63. The molecule has 0 aliphatic carbocycles. The van der Waals surface area contributed by atoms with Crippen molar-refractivity contribution in [2.24, 2.45) is 5.92 Å². The third-order valence-electron chi connectivity index (χ3n) is 2.74. The SMILES string of the molecule is CN(CC[C@H]1CCNC1)C(=O)OC(C)(C)C. The normalized spacial score (nSPS) is 20.9. The minimum atomic E-state index is -0.403. The minimum absolute atomic E-state index is 0.224. The average molecular weight is 228 g/mol. The zero-order valence-corrected chi connectivity index (χ0v) is 10.9. The largest absolute Gasteiger partial charge is 0.444 e. The molecule has 1 saturated heterocycles. The Morgan fingerprint density at radius 2 is 2.19 bits per heavy atom. The van der Waals surface area contributed by atoms with Gasteiger partial charge in [0.1, 0.15) is 5.60 Å². The fraction of sp³-hybridized carbons (Fsp3) is 0.917. The second kappa shape index (κ2) is 5.53. The number of nitrogens with one attached hydrogen (secondary N) is 1. The predicted molar refractivity (Wildman–Crippen MR) is 64.5 cm³/mol. The van der Waals surface area contributed by atoms with E-state index in [1.54, 1.807) is 11.9 Å².